The SMILES string of the molecule is COP(=O)(Cc1ccc(Cl)nc1)c1ccccc1. The molecule has 0 N–H and O–H groups in total. The van der Waals surface area contributed by atoms with E-state index in [4.69, 9.17) is 16.1 Å². The highest BCUT2D eigenvalue weighted by atomic mass is 35.5. The molecule has 0 saturated carbocycles. The molecule has 0 aliphatic rings. The van der Waals surface area contributed by atoms with Crippen LogP contribution < -0.4 is 5.30 Å². The normalized spacial score (nSPS) is 14.1. The first-order valence-corrected chi connectivity index (χ1v) is 7.64. The third-order valence-electron chi connectivity index (χ3n) is 2.62. The van der Waals surface area contributed by atoms with Gasteiger partial charge in [0.15, 0.2) is 0 Å². The minimum atomic E-state index is -2.87. The van der Waals surface area contributed by atoms with Crippen molar-refractivity contribution in [3.05, 3.63) is 59.4 Å². The van der Waals surface area contributed by atoms with Crippen molar-refractivity contribution >= 4 is 24.3 Å². The van der Waals surface area contributed by atoms with E-state index >= 15 is 0 Å². The second kappa shape index (κ2) is 5.66. The van der Waals surface area contributed by atoms with Gasteiger partial charge in [-0.1, -0.05) is 35.9 Å². The number of pyridine rings is 1. The molecule has 1 atom stereocenters. The molecular weight excluding hydrogens is 269 g/mol. The Balaban J connectivity index is 2.29. The molecule has 0 radical (unpaired) electrons. The van der Waals surface area contributed by atoms with Crippen LogP contribution in [-0.2, 0) is 15.3 Å². The zero-order chi connectivity index (χ0) is 13.0. The Labute approximate surface area is 111 Å². The first-order chi connectivity index (χ1) is 8.64. The minimum Gasteiger partial charge on any atom is -0.328 e. The fraction of sp³-hybridized carbons (Fsp3) is 0.154. The van der Waals surface area contributed by atoms with E-state index in [1.807, 2.05) is 36.4 Å². The molecule has 0 bridgehead atoms. The molecule has 5 heteroatoms. The second-order valence-electron chi connectivity index (χ2n) is 3.84. The highest BCUT2D eigenvalue weighted by Gasteiger charge is 2.24. The van der Waals surface area contributed by atoms with E-state index < -0.39 is 7.37 Å². The van der Waals surface area contributed by atoms with Crippen molar-refractivity contribution in [1.82, 2.24) is 4.98 Å². The van der Waals surface area contributed by atoms with Crippen LogP contribution in [0.2, 0.25) is 5.15 Å². The summed E-state index contributed by atoms with van der Waals surface area (Å²) >= 11 is 5.72. The van der Waals surface area contributed by atoms with Gasteiger partial charge in [0.2, 0.25) is 7.37 Å². The number of hydrogen-bond donors (Lipinski definition) is 0. The number of nitrogens with zero attached hydrogens (tertiary/aromatic N) is 1. The van der Waals surface area contributed by atoms with Crippen LogP contribution in [0.3, 0.4) is 0 Å². The predicted molar refractivity (Wildman–Crippen MR) is 73.6 cm³/mol. The molecule has 0 amide bonds. The Hall–Kier alpha value is -1.15. The maximum absolute atomic E-state index is 12.8. The van der Waals surface area contributed by atoms with Gasteiger partial charge in [-0.05, 0) is 23.8 Å². The lowest BCUT2D eigenvalue weighted by Crippen LogP contribution is -2.07. The summed E-state index contributed by atoms with van der Waals surface area (Å²) in [5.74, 6) is 0. The van der Waals surface area contributed by atoms with Crippen LogP contribution in [-0.4, -0.2) is 12.1 Å². The number of hydrogen-bond acceptors (Lipinski definition) is 3. The van der Waals surface area contributed by atoms with Crippen LogP contribution in [0.5, 0.6) is 0 Å². The van der Waals surface area contributed by atoms with Crippen molar-refractivity contribution in [2.24, 2.45) is 0 Å². The summed E-state index contributed by atoms with van der Waals surface area (Å²) < 4.78 is 18.0. The number of benzene rings is 1. The Bertz CT molecular complexity index is 557. The summed E-state index contributed by atoms with van der Waals surface area (Å²) in [7, 11) is -1.40. The first-order valence-electron chi connectivity index (χ1n) is 5.45. The lowest BCUT2D eigenvalue weighted by atomic mass is 10.3. The summed E-state index contributed by atoms with van der Waals surface area (Å²) in [6.07, 6.45) is 1.94. The predicted octanol–water partition coefficient (Wildman–Crippen LogP) is 3.49. The molecule has 0 aliphatic carbocycles. The molecule has 0 spiro atoms. The standard InChI is InChI=1S/C13H13ClNO2P/c1-17-18(16,12-5-3-2-4-6-12)10-11-7-8-13(14)15-9-11/h2-9H,10H2,1H3. The van der Waals surface area contributed by atoms with Crippen molar-refractivity contribution in [3.63, 3.8) is 0 Å². The third-order valence-corrected chi connectivity index (χ3v) is 5.30. The van der Waals surface area contributed by atoms with Gasteiger partial charge in [0.25, 0.3) is 0 Å². The summed E-state index contributed by atoms with van der Waals surface area (Å²) in [6, 6.07) is 12.7. The summed E-state index contributed by atoms with van der Waals surface area (Å²) in [5.41, 5.74) is 0.841. The summed E-state index contributed by atoms with van der Waals surface area (Å²) in [4.78, 5) is 3.98. The molecule has 2 rings (SSSR count). The van der Waals surface area contributed by atoms with Gasteiger partial charge in [-0.15, -0.1) is 0 Å². The lowest BCUT2D eigenvalue weighted by Gasteiger charge is -2.16. The van der Waals surface area contributed by atoms with Crippen LogP contribution in [0.15, 0.2) is 48.7 Å². The van der Waals surface area contributed by atoms with Gasteiger partial charge in [0, 0.05) is 18.6 Å². The Morgan fingerprint density at radius 2 is 1.94 bits per heavy atom. The molecule has 0 fully saturated rings. The van der Waals surface area contributed by atoms with Crippen molar-refractivity contribution in [2.75, 3.05) is 7.11 Å². The number of rotatable bonds is 4. The Morgan fingerprint density at radius 3 is 2.50 bits per heavy atom. The van der Waals surface area contributed by atoms with Gasteiger partial charge in [0.1, 0.15) is 5.15 Å². The molecule has 1 unspecified atom stereocenters. The molecule has 3 nitrogen and oxygen atoms in total. The quantitative estimate of drug-likeness (QED) is 0.636. The number of halogens is 1. The first kappa shape index (κ1) is 13.3. The van der Waals surface area contributed by atoms with Crippen LogP contribution in [0.4, 0.5) is 0 Å². The molecule has 1 aromatic carbocycles. The topological polar surface area (TPSA) is 39.2 Å². The molecule has 0 saturated heterocycles. The monoisotopic (exact) mass is 281 g/mol. The Kier molecular flexibility index (Phi) is 4.18. The maximum Gasteiger partial charge on any atom is 0.236 e. The second-order valence-corrected chi connectivity index (χ2v) is 6.77. The third kappa shape index (κ3) is 2.99. The molecular formula is C13H13ClNO2P. The van der Waals surface area contributed by atoms with Crippen LogP contribution in [0.25, 0.3) is 0 Å². The van der Waals surface area contributed by atoms with Gasteiger partial charge >= 0.3 is 0 Å². The van der Waals surface area contributed by atoms with Crippen molar-refractivity contribution in [1.29, 1.82) is 0 Å². The summed E-state index contributed by atoms with van der Waals surface area (Å²) in [6.45, 7) is 0. The smallest absolute Gasteiger partial charge is 0.236 e. The largest absolute Gasteiger partial charge is 0.328 e. The van der Waals surface area contributed by atoms with Crippen molar-refractivity contribution in [3.8, 4) is 0 Å². The highest BCUT2D eigenvalue weighted by Crippen LogP contribution is 2.48. The fourth-order valence-electron chi connectivity index (χ4n) is 1.66. The van der Waals surface area contributed by atoms with E-state index in [9.17, 15) is 4.57 Å². The maximum atomic E-state index is 12.8. The average molecular weight is 282 g/mol. The molecule has 94 valence electrons. The van der Waals surface area contributed by atoms with Gasteiger partial charge in [0.05, 0.1) is 6.16 Å². The summed E-state index contributed by atoms with van der Waals surface area (Å²) in [5, 5.41) is 1.13. The molecule has 1 heterocycles. The van der Waals surface area contributed by atoms with Crippen LogP contribution in [0.1, 0.15) is 5.56 Å². The van der Waals surface area contributed by atoms with Gasteiger partial charge in [-0.25, -0.2) is 4.98 Å². The van der Waals surface area contributed by atoms with Crippen LogP contribution >= 0.6 is 19.0 Å². The average Bonchev–Trinajstić information content (AvgIpc) is 2.42. The minimum absolute atomic E-state index is 0.317. The lowest BCUT2D eigenvalue weighted by molar-refractivity contribution is 0.402. The fourth-order valence-corrected chi connectivity index (χ4v) is 3.59. The molecule has 0 aliphatic heterocycles. The molecule has 2 aromatic rings. The molecule has 1 aromatic heterocycles. The van der Waals surface area contributed by atoms with Gasteiger partial charge in [-0.3, -0.25) is 4.57 Å². The zero-order valence-electron chi connectivity index (χ0n) is 9.91. The zero-order valence-corrected chi connectivity index (χ0v) is 11.6. The van der Waals surface area contributed by atoms with E-state index in [1.54, 1.807) is 12.3 Å². The van der Waals surface area contributed by atoms with Gasteiger partial charge in [-0.2, -0.15) is 0 Å². The van der Waals surface area contributed by atoms with E-state index in [0.29, 0.717) is 16.6 Å². The Morgan fingerprint density at radius 1 is 1.22 bits per heavy atom. The van der Waals surface area contributed by atoms with E-state index in [-0.39, 0.29) is 0 Å². The van der Waals surface area contributed by atoms with Crippen molar-refractivity contribution in [2.45, 2.75) is 6.16 Å². The van der Waals surface area contributed by atoms with E-state index in [0.717, 1.165) is 5.56 Å². The van der Waals surface area contributed by atoms with Crippen molar-refractivity contribution < 1.29 is 9.09 Å². The van der Waals surface area contributed by atoms with E-state index in [2.05, 4.69) is 4.98 Å². The van der Waals surface area contributed by atoms with Gasteiger partial charge < -0.3 is 4.52 Å². The van der Waals surface area contributed by atoms with Crippen LogP contribution in [0, 0.1) is 0 Å². The molecule has 18 heavy (non-hydrogen) atoms. The van der Waals surface area contributed by atoms with E-state index in [1.165, 1.54) is 7.11 Å². The number of aromatic nitrogens is 1. The highest BCUT2D eigenvalue weighted by molar-refractivity contribution is 7.66.